The lowest BCUT2D eigenvalue weighted by molar-refractivity contribution is 0.0691. The molecule has 2 rings (SSSR count). The molecule has 2 unspecified atom stereocenters. The largest absolute Gasteiger partial charge is 0.478 e. The zero-order valence-corrected chi connectivity index (χ0v) is 11.5. The first kappa shape index (κ1) is 13.9. The number of carboxylic acid groups (broad SMARTS) is 1. The fraction of sp³-hybridized carbons (Fsp3) is 0.643. The van der Waals surface area contributed by atoms with E-state index in [0.717, 1.165) is 0 Å². The van der Waals surface area contributed by atoms with Crippen LogP contribution in [0.5, 0.6) is 0 Å². The summed E-state index contributed by atoms with van der Waals surface area (Å²) in [5.41, 5.74) is 0.806. The van der Waals surface area contributed by atoms with Crippen molar-refractivity contribution in [2.75, 3.05) is 7.05 Å². The molecule has 0 spiro atoms. The maximum atomic E-state index is 11.1. The lowest BCUT2D eigenvalue weighted by atomic mass is 9.85. The molecule has 1 aliphatic rings. The molecule has 0 saturated heterocycles. The van der Waals surface area contributed by atoms with Crippen LogP contribution in [0.25, 0.3) is 0 Å². The van der Waals surface area contributed by atoms with Gasteiger partial charge >= 0.3 is 5.97 Å². The molecule has 0 amide bonds. The standard InChI is InChI=1S/C14H21N3O2/c1-10-5-3-4-6-13(10)17(2)8-12-11(14(18)19)7-15-9-16-12/h7,9-10,13H,3-6,8H2,1-2H3,(H,18,19). The Morgan fingerprint density at radius 1 is 1.47 bits per heavy atom. The maximum Gasteiger partial charge on any atom is 0.339 e. The van der Waals surface area contributed by atoms with Crippen LogP contribution in [0.2, 0.25) is 0 Å². The van der Waals surface area contributed by atoms with Gasteiger partial charge in [0.25, 0.3) is 0 Å². The van der Waals surface area contributed by atoms with E-state index in [1.54, 1.807) is 0 Å². The molecule has 0 bridgehead atoms. The zero-order valence-electron chi connectivity index (χ0n) is 11.5. The summed E-state index contributed by atoms with van der Waals surface area (Å²) in [4.78, 5) is 21.3. The Balaban J connectivity index is 2.10. The van der Waals surface area contributed by atoms with E-state index in [1.165, 1.54) is 38.2 Å². The number of carbonyl (C=O) groups is 1. The number of carboxylic acids is 1. The molecule has 0 aromatic carbocycles. The van der Waals surface area contributed by atoms with Gasteiger partial charge in [-0.05, 0) is 25.8 Å². The molecule has 5 nitrogen and oxygen atoms in total. The third-order valence-corrected chi connectivity index (χ3v) is 4.06. The molecule has 5 heteroatoms. The van der Waals surface area contributed by atoms with Crippen molar-refractivity contribution in [3.63, 3.8) is 0 Å². The van der Waals surface area contributed by atoms with Crippen LogP contribution in [0, 0.1) is 5.92 Å². The fourth-order valence-corrected chi connectivity index (χ4v) is 2.96. The first-order valence-corrected chi connectivity index (χ1v) is 6.82. The Labute approximate surface area is 113 Å². The highest BCUT2D eigenvalue weighted by Crippen LogP contribution is 2.28. The second kappa shape index (κ2) is 6.10. The van der Waals surface area contributed by atoms with E-state index in [-0.39, 0.29) is 5.56 Å². The third kappa shape index (κ3) is 3.29. The van der Waals surface area contributed by atoms with Crippen molar-refractivity contribution >= 4 is 5.97 Å². The Kier molecular flexibility index (Phi) is 4.47. The summed E-state index contributed by atoms with van der Waals surface area (Å²) in [5.74, 6) is -0.297. The predicted molar refractivity (Wildman–Crippen MR) is 71.9 cm³/mol. The lowest BCUT2D eigenvalue weighted by Crippen LogP contribution is -2.38. The highest BCUT2D eigenvalue weighted by Gasteiger charge is 2.26. The van der Waals surface area contributed by atoms with E-state index in [2.05, 4.69) is 28.8 Å². The Morgan fingerprint density at radius 2 is 2.21 bits per heavy atom. The van der Waals surface area contributed by atoms with Crippen LogP contribution in [0.15, 0.2) is 12.5 Å². The van der Waals surface area contributed by atoms with Crippen LogP contribution in [0.3, 0.4) is 0 Å². The van der Waals surface area contributed by atoms with Gasteiger partial charge in [0.15, 0.2) is 0 Å². The minimum atomic E-state index is -0.958. The van der Waals surface area contributed by atoms with Crippen LogP contribution in [0.4, 0.5) is 0 Å². The average Bonchev–Trinajstić information content (AvgIpc) is 2.39. The first-order chi connectivity index (χ1) is 9.09. The van der Waals surface area contributed by atoms with Crippen molar-refractivity contribution in [1.82, 2.24) is 14.9 Å². The van der Waals surface area contributed by atoms with Crippen LogP contribution in [-0.4, -0.2) is 39.0 Å². The third-order valence-electron chi connectivity index (χ3n) is 4.06. The second-order valence-electron chi connectivity index (χ2n) is 5.43. The van der Waals surface area contributed by atoms with E-state index in [1.807, 2.05) is 0 Å². The summed E-state index contributed by atoms with van der Waals surface area (Å²) in [6.07, 6.45) is 7.80. The molecule has 19 heavy (non-hydrogen) atoms. The van der Waals surface area contributed by atoms with Crippen LogP contribution in [0.1, 0.15) is 48.7 Å². The summed E-state index contributed by atoms with van der Waals surface area (Å²) in [6.45, 7) is 2.84. The minimum Gasteiger partial charge on any atom is -0.478 e. The Morgan fingerprint density at radius 3 is 2.89 bits per heavy atom. The van der Waals surface area contributed by atoms with Crippen molar-refractivity contribution < 1.29 is 9.90 Å². The van der Waals surface area contributed by atoms with Crippen molar-refractivity contribution in [2.24, 2.45) is 5.92 Å². The Hall–Kier alpha value is -1.49. The monoisotopic (exact) mass is 263 g/mol. The molecular weight excluding hydrogens is 242 g/mol. The summed E-state index contributed by atoms with van der Waals surface area (Å²) >= 11 is 0. The SMILES string of the molecule is CC1CCCCC1N(C)Cc1ncncc1C(=O)O. The smallest absolute Gasteiger partial charge is 0.339 e. The zero-order chi connectivity index (χ0) is 13.8. The molecule has 2 atom stereocenters. The van der Waals surface area contributed by atoms with E-state index in [4.69, 9.17) is 5.11 Å². The van der Waals surface area contributed by atoms with Crippen molar-refractivity contribution in [2.45, 2.75) is 45.2 Å². The van der Waals surface area contributed by atoms with Gasteiger partial charge in [0.05, 0.1) is 5.69 Å². The van der Waals surface area contributed by atoms with E-state index < -0.39 is 5.97 Å². The van der Waals surface area contributed by atoms with Crippen molar-refractivity contribution in [1.29, 1.82) is 0 Å². The molecule has 1 heterocycles. The molecule has 1 aromatic rings. The van der Waals surface area contributed by atoms with Gasteiger partial charge in [-0.3, -0.25) is 4.90 Å². The van der Waals surface area contributed by atoms with E-state index in [0.29, 0.717) is 24.2 Å². The number of aromatic nitrogens is 2. The molecule has 1 aromatic heterocycles. The highest BCUT2D eigenvalue weighted by atomic mass is 16.4. The van der Waals surface area contributed by atoms with Gasteiger partial charge in [-0.15, -0.1) is 0 Å². The quantitative estimate of drug-likeness (QED) is 0.902. The topological polar surface area (TPSA) is 66.3 Å². The molecule has 1 saturated carbocycles. The summed E-state index contributed by atoms with van der Waals surface area (Å²) in [6, 6.07) is 0.519. The maximum absolute atomic E-state index is 11.1. The van der Waals surface area contributed by atoms with Gasteiger partial charge in [0.2, 0.25) is 0 Å². The average molecular weight is 263 g/mol. The van der Waals surface area contributed by atoms with Gasteiger partial charge in [-0.25, -0.2) is 14.8 Å². The van der Waals surface area contributed by atoms with Gasteiger partial charge in [0, 0.05) is 18.8 Å². The molecular formula is C14H21N3O2. The molecule has 0 aliphatic heterocycles. The fourth-order valence-electron chi connectivity index (χ4n) is 2.96. The van der Waals surface area contributed by atoms with Gasteiger partial charge in [0.1, 0.15) is 11.9 Å². The molecule has 0 radical (unpaired) electrons. The number of hydrogen-bond donors (Lipinski definition) is 1. The van der Waals surface area contributed by atoms with Crippen molar-refractivity contribution in [3.05, 3.63) is 23.8 Å². The normalized spacial score (nSPS) is 23.5. The van der Waals surface area contributed by atoms with Crippen LogP contribution in [-0.2, 0) is 6.54 Å². The second-order valence-corrected chi connectivity index (χ2v) is 5.43. The molecule has 1 aliphatic carbocycles. The molecule has 1 N–H and O–H groups in total. The lowest BCUT2D eigenvalue weighted by Gasteiger charge is -2.36. The van der Waals surface area contributed by atoms with Crippen LogP contribution >= 0.6 is 0 Å². The Bertz CT molecular complexity index is 450. The predicted octanol–water partition coefficient (Wildman–Crippen LogP) is 2.19. The molecule has 104 valence electrons. The summed E-state index contributed by atoms with van der Waals surface area (Å²) < 4.78 is 0. The van der Waals surface area contributed by atoms with E-state index >= 15 is 0 Å². The van der Waals surface area contributed by atoms with Gasteiger partial charge in [-0.2, -0.15) is 0 Å². The number of nitrogens with zero attached hydrogens (tertiary/aromatic N) is 3. The molecule has 1 fully saturated rings. The summed E-state index contributed by atoms with van der Waals surface area (Å²) in [7, 11) is 2.06. The number of hydrogen-bond acceptors (Lipinski definition) is 4. The van der Waals surface area contributed by atoms with Crippen molar-refractivity contribution in [3.8, 4) is 0 Å². The van der Waals surface area contributed by atoms with Crippen LogP contribution < -0.4 is 0 Å². The minimum absolute atomic E-state index is 0.206. The van der Waals surface area contributed by atoms with Gasteiger partial charge < -0.3 is 5.11 Å². The number of rotatable bonds is 4. The number of aromatic carboxylic acids is 1. The summed E-state index contributed by atoms with van der Waals surface area (Å²) in [5, 5.41) is 9.14. The van der Waals surface area contributed by atoms with Gasteiger partial charge in [-0.1, -0.05) is 19.8 Å². The highest BCUT2D eigenvalue weighted by molar-refractivity contribution is 5.88. The van der Waals surface area contributed by atoms with E-state index in [9.17, 15) is 4.79 Å². The first-order valence-electron chi connectivity index (χ1n) is 6.82.